The first-order chi connectivity index (χ1) is 8.04. The van der Waals surface area contributed by atoms with E-state index in [1.54, 1.807) is 13.2 Å². The van der Waals surface area contributed by atoms with Gasteiger partial charge in [-0.15, -0.1) is 0 Å². The molecule has 1 aromatic rings. The maximum atomic E-state index is 10.2. The Morgan fingerprint density at radius 3 is 2.53 bits per heavy atom. The minimum atomic E-state index is -0.660. The van der Waals surface area contributed by atoms with E-state index in [0.29, 0.717) is 17.3 Å². The number of anilines is 1. The summed E-state index contributed by atoms with van der Waals surface area (Å²) >= 11 is 5.94. The van der Waals surface area contributed by atoms with Gasteiger partial charge in [0.25, 0.3) is 0 Å². The first-order valence-electron chi connectivity index (χ1n) is 5.84. The average molecular weight is 258 g/mol. The highest BCUT2D eigenvalue weighted by Crippen LogP contribution is 2.27. The Morgan fingerprint density at radius 2 is 2.00 bits per heavy atom. The number of aliphatic hydroxyl groups is 1. The van der Waals surface area contributed by atoms with Crippen molar-refractivity contribution in [2.24, 2.45) is 0 Å². The fourth-order valence-electron chi connectivity index (χ4n) is 1.54. The number of hydrogen-bond donors (Lipinski definition) is 2. The van der Waals surface area contributed by atoms with Crippen LogP contribution in [0.3, 0.4) is 0 Å². The topological polar surface area (TPSA) is 41.5 Å². The van der Waals surface area contributed by atoms with Gasteiger partial charge in [-0.1, -0.05) is 25.4 Å². The third kappa shape index (κ3) is 3.79. The average Bonchev–Trinajstić information content (AvgIpc) is 2.37. The fraction of sp³-hybridized carbons (Fsp3) is 0.538. The molecule has 2 N–H and O–H groups in total. The van der Waals surface area contributed by atoms with E-state index < -0.39 is 5.60 Å². The van der Waals surface area contributed by atoms with Crippen molar-refractivity contribution in [3.8, 4) is 5.75 Å². The van der Waals surface area contributed by atoms with Crippen LogP contribution in [0.1, 0.15) is 26.7 Å². The van der Waals surface area contributed by atoms with Crippen LogP contribution in [0, 0.1) is 0 Å². The summed E-state index contributed by atoms with van der Waals surface area (Å²) in [5.41, 5.74) is 0.235. The molecule has 1 aromatic carbocycles. The molecule has 0 bridgehead atoms. The number of hydrogen-bond acceptors (Lipinski definition) is 3. The van der Waals surface area contributed by atoms with E-state index in [9.17, 15) is 5.11 Å². The summed E-state index contributed by atoms with van der Waals surface area (Å²) in [6, 6.07) is 5.48. The third-order valence-corrected chi connectivity index (χ3v) is 3.40. The van der Waals surface area contributed by atoms with Gasteiger partial charge in [0.1, 0.15) is 5.75 Å². The van der Waals surface area contributed by atoms with Crippen LogP contribution in [0.2, 0.25) is 5.02 Å². The smallest absolute Gasteiger partial charge is 0.139 e. The number of nitrogens with one attached hydrogen (secondary N) is 1. The molecule has 1 rings (SSSR count). The van der Waals surface area contributed by atoms with Gasteiger partial charge >= 0.3 is 0 Å². The third-order valence-electron chi connectivity index (χ3n) is 3.09. The summed E-state index contributed by atoms with van der Waals surface area (Å²) in [4.78, 5) is 0. The number of methoxy groups -OCH3 is 1. The predicted octanol–water partition coefficient (Wildman–Crippen LogP) is 3.31. The molecule has 17 heavy (non-hydrogen) atoms. The molecular weight excluding hydrogens is 238 g/mol. The molecule has 96 valence electrons. The standard InChI is InChI=1S/C13H20ClNO2/c1-4-13(16,5-2)9-15-10-6-7-11(14)12(8-10)17-3/h6-8,15-16H,4-5,9H2,1-3H3. The number of ether oxygens (including phenoxy) is 1. The number of benzene rings is 1. The lowest BCUT2D eigenvalue weighted by atomic mass is 9.97. The zero-order chi connectivity index (χ0) is 12.9. The Morgan fingerprint density at radius 1 is 1.35 bits per heavy atom. The molecule has 0 aliphatic rings. The van der Waals surface area contributed by atoms with Gasteiger partial charge in [0.2, 0.25) is 0 Å². The maximum absolute atomic E-state index is 10.2. The Hall–Kier alpha value is -0.930. The van der Waals surface area contributed by atoms with Gasteiger partial charge in [0.15, 0.2) is 0 Å². The Kier molecular flexibility index (Phi) is 5.09. The molecular formula is C13H20ClNO2. The van der Waals surface area contributed by atoms with Crippen molar-refractivity contribution in [2.45, 2.75) is 32.3 Å². The van der Waals surface area contributed by atoms with Crippen molar-refractivity contribution in [1.29, 1.82) is 0 Å². The molecule has 0 unspecified atom stereocenters. The minimum Gasteiger partial charge on any atom is -0.495 e. The Balaban J connectivity index is 2.69. The van der Waals surface area contributed by atoms with Gasteiger partial charge in [-0.25, -0.2) is 0 Å². The predicted molar refractivity (Wildman–Crippen MR) is 72.0 cm³/mol. The Labute approximate surface area is 108 Å². The van der Waals surface area contributed by atoms with Gasteiger partial charge in [-0.05, 0) is 25.0 Å². The maximum Gasteiger partial charge on any atom is 0.139 e. The zero-order valence-electron chi connectivity index (χ0n) is 10.6. The van der Waals surface area contributed by atoms with Crippen LogP contribution in [0.5, 0.6) is 5.75 Å². The number of rotatable bonds is 6. The molecule has 4 heteroatoms. The molecule has 0 aliphatic heterocycles. The van der Waals surface area contributed by atoms with Crippen molar-refractivity contribution in [1.82, 2.24) is 0 Å². The van der Waals surface area contributed by atoms with E-state index in [-0.39, 0.29) is 0 Å². The first-order valence-corrected chi connectivity index (χ1v) is 6.22. The highest BCUT2D eigenvalue weighted by Gasteiger charge is 2.21. The van der Waals surface area contributed by atoms with Crippen LogP contribution in [-0.4, -0.2) is 24.4 Å². The largest absolute Gasteiger partial charge is 0.495 e. The van der Waals surface area contributed by atoms with Crippen LogP contribution in [0.25, 0.3) is 0 Å². The van der Waals surface area contributed by atoms with Gasteiger partial charge in [-0.2, -0.15) is 0 Å². The summed E-state index contributed by atoms with van der Waals surface area (Å²) in [7, 11) is 1.58. The first kappa shape index (κ1) is 14.1. The molecule has 0 saturated heterocycles. The monoisotopic (exact) mass is 257 g/mol. The quantitative estimate of drug-likeness (QED) is 0.822. The highest BCUT2D eigenvalue weighted by molar-refractivity contribution is 6.32. The normalized spacial score (nSPS) is 11.4. The summed E-state index contributed by atoms with van der Waals surface area (Å²) < 4.78 is 5.14. The molecule has 0 radical (unpaired) electrons. The van der Waals surface area contributed by atoms with Gasteiger partial charge in [0.05, 0.1) is 17.7 Å². The van der Waals surface area contributed by atoms with E-state index in [1.807, 2.05) is 26.0 Å². The lowest BCUT2D eigenvalue weighted by Gasteiger charge is -2.26. The van der Waals surface area contributed by atoms with E-state index in [2.05, 4.69) is 5.32 Å². The molecule has 0 spiro atoms. The molecule has 0 saturated carbocycles. The minimum absolute atomic E-state index is 0.519. The Bertz CT molecular complexity index is 364. The molecule has 0 aromatic heterocycles. The van der Waals surface area contributed by atoms with Crippen LogP contribution in [0.15, 0.2) is 18.2 Å². The SMILES string of the molecule is CCC(O)(CC)CNc1ccc(Cl)c(OC)c1. The van der Waals surface area contributed by atoms with E-state index in [0.717, 1.165) is 18.5 Å². The van der Waals surface area contributed by atoms with Crippen LogP contribution >= 0.6 is 11.6 Å². The van der Waals surface area contributed by atoms with Crippen molar-refractivity contribution in [3.63, 3.8) is 0 Å². The van der Waals surface area contributed by atoms with Crippen molar-refractivity contribution < 1.29 is 9.84 Å². The number of halogens is 1. The zero-order valence-corrected chi connectivity index (χ0v) is 11.3. The lowest BCUT2D eigenvalue weighted by Crippen LogP contribution is -2.35. The summed E-state index contributed by atoms with van der Waals surface area (Å²) in [5.74, 6) is 0.633. The summed E-state index contributed by atoms with van der Waals surface area (Å²) in [5, 5.41) is 13.9. The van der Waals surface area contributed by atoms with Crippen molar-refractivity contribution >= 4 is 17.3 Å². The second kappa shape index (κ2) is 6.12. The summed E-state index contributed by atoms with van der Waals surface area (Å²) in [6.45, 7) is 4.48. The second-order valence-electron chi connectivity index (χ2n) is 4.13. The van der Waals surface area contributed by atoms with Crippen LogP contribution < -0.4 is 10.1 Å². The molecule has 0 fully saturated rings. The highest BCUT2D eigenvalue weighted by atomic mass is 35.5. The van der Waals surface area contributed by atoms with Crippen molar-refractivity contribution in [3.05, 3.63) is 23.2 Å². The van der Waals surface area contributed by atoms with Crippen LogP contribution in [-0.2, 0) is 0 Å². The van der Waals surface area contributed by atoms with Gasteiger partial charge in [-0.3, -0.25) is 0 Å². The van der Waals surface area contributed by atoms with Gasteiger partial charge < -0.3 is 15.2 Å². The molecule has 0 atom stereocenters. The summed E-state index contributed by atoms with van der Waals surface area (Å²) in [6.07, 6.45) is 1.45. The van der Waals surface area contributed by atoms with E-state index in [1.165, 1.54) is 0 Å². The second-order valence-corrected chi connectivity index (χ2v) is 4.54. The van der Waals surface area contributed by atoms with Crippen LogP contribution in [0.4, 0.5) is 5.69 Å². The molecule has 0 amide bonds. The van der Waals surface area contributed by atoms with Gasteiger partial charge in [0, 0.05) is 18.3 Å². The molecule has 0 heterocycles. The fourth-order valence-corrected chi connectivity index (χ4v) is 1.73. The van der Waals surface area contributed by atoms with E-state index >= 15 is 0 Å². The molecule has 3 nitrogen and oxygen atoms in total. The van der Waals surface area contributed by atoms with E-state index in [4.69, 9.17) is 16.3 Å². The lowest BCUT2D eigenvalue weighted by molar-refractivity contribution is 0.0457. The van der Waals surface area contributed by atoms with Crippen molar-refractivity contribution in [2.75, 3.05) is 19.0 Å². The molecule has 0 aliphatic carbocycles.